The number of unbranched alkanes of at least 4 members (excludes halogenated alkanes) is 2. The summed E-state index contributed by atoms with van der Waals surface area (Å²) in [6, 6.07) is 12.1. The Kier molecular flexibility index (Phi) is 8.40. The highest BCUT2D eigenvalue weighted by atomic mass is 16.1. The van der Waals surface area contributed by atoms with E-state index in [9.17, 15) is 4.79 Å². The summed E-state index contributed by atoms with van der Waals surface area (Å²) in [7, 11) is 0. The van der Waals surface area contributed by atoms with E-state index in [2.05, 4.69) is 40.9 Å². The van der Waals surface area contributed by atoms with Gasteiger partial charge in [-0.25, -0.2) is 9.67 Å². The molecule has 5 heteroatoms. The lowest BCUT2D eigenvalue weighted by atomic mass is 9.86. The highest BCUT2D eigenvalue weighted by Gasteiger charge is 2.16. The highest BCUT2D eigenvalue weighted by Crippen LogP contribution is 2.27. The van der Waals surface area contributed by atoms with Crippen LogP contribution in [0.2, 0.25) is 0 Å². The van der Waals surface area contributed by atoms with Gasteiger partial charge in [-0.3, -0.25) is 9.78 Å². The van der Waals surface area contributed by atoms with E-state index in [0.29, 0.717) is 5.69 Å². The summed E-state index contributed by atoms with van der Waals surface area (Å²) in [4.78, 5) is 20.3. The molecule has 0 amide bonds. The Morgan fingerprint density at radius 3 is 2.64 bits per heavy atom. The van der Waals surface area contributed by atoms with Crippen molar-refractivity contribution in [3.05, 3.63) is 65.5 Å². The summed E-state index contributed by atoms with van der Waals surface area (Å²) >= 11 is 0. The molecule has 0 aliphatic heterocycles. The van der Waals surface area contributed by atoms with Gasteiger partial charge in [0, 0.05) is 31.1 Å². The minimum atomic E-state index is 0.350. The number of pyridine rings is 1. The second-order valence-corrected chi connectivity index (χ2v) is 9.29. The summed E-state index contributed by atoms with van der Waals surface area (Å²) < 4.78 is 2.14. The first kappa shape index (κ1) is 23.3. The predicted octanol–water partition coefficient (Wildman–Crippen LogP) is 6.09. The van der Waals surface area contributed by atoms with Gasteiger partial charge in [-0.05, 0) is 36.0 Å². The molecule has 2 heterocycles. The van der Waals surface area contributed by atoms with Crippen LogP contribution in [-0.2, 0) is 24.2 Å². The highest BCUT2D eigenvalue weighted by molar-refractivity contribution is 5.85. The third kappa shape index (κ3) is 6.37. The normalized spacial score (nSPS) is 14.5. The van der Waals surface area contributed by atoms with Gasteiger partial charge in [0.1, 0.15) is 11.5 Å². The Hall–Kier alpha value is -2.82. The maximum atomic E-state index is 11.2. The predicted molar refractivity (Wildman–Crippen MR) is 132 cm³/mol. The topological polar surface area (TPSA) is 60.7 Å². The zero-order valence-corrected chi connectivity index (χ0v) is 19.8. The van der Waals surface area contributed by atoms with E-state index in [1.54, 1.807) is 6.20 Å². The van der Waals surface area contributed by atoms with E-state index in [4.69, 9.17) is 10.1 Å². The quantitative estimate of drug-likeness (QED) is 0.336. The van der Waals surface area contributed by atoms with Crippen molar-refractivity contribution in [2.75, 3.05) is 0 Å². The SMILES string of the molecule is CCCCCn1nc(CCC2CCCCC2)nc1Cc1ccc(-c2cccnc2[C]=O)cc1. The van der Waals surface area contributed by atoms with Crippen LogP contribution in [0, 0.1) is 5.92 Å². The zero-order valence-electron chi connectivity index (χ0n) is 19.8. The molecule has 0 bridgehead atoms. The maximum absolute atomic E-state index is 11.2. The van der Waals surface area contributed by atoms with Crippen LogP contribution >= 0.6 is 0 Å². The van der Waals surface area contributed by atoms with E-state index in [1.807, 2.05) is 18.4 Å². The minimum absolute atomic E-state index is 0.350. The molecule has 1 radical (unpaired) electrons. The van der Waals surface area contributed by atoms with Crippen LogP contribution < -0.4 is 0 Å². The van der Waals surface area contributed by atoms with Crippen LogP contribution in [0.3, 0.4) is 0 Å². The van der Waals surface area contributed by atoms with Gasteiger partial charge in [0.2, 0.25) is 0 Å². The molecule has 0 atom stereocenters. The van der Waals surface area contributed by atoms with E-state index < -0.39 is 0 Å². The third-order valence-electron chi connectivity index (χ3n) is 6.80. The van der Waals surface area contributed by atoms with Gasteiger partial charge in [0.05, 0.1) is 0 Å². The molecule has 0 saturated heterocycles. The average molecular weight is 444 g/mol. The smallest absolute Gasteiger partial charge is 0.254 e. The molecule has 173 valence electrons. The first-order valence-corrected chi connectivity index (χ1v) is 12.6. The summed E-state index contributed by atoms with van der Waals surface area (Å²) in [6.07, 6.45) is 17.0. The minimum Gasteiger partial charge on any atom is -0.283 e. The van der Waals surface area contributed by atoms with Crippen LogP contribution in [0.4, 0.5) is 0 Å². The molecule has 0 unspecified atom stereocenters. The zero-order chi connectivity index (χ0) is 22.9. The lowest BCUT2D eigenvalue weighted by Crippen LogP contribution is -2.08. The van der Waals surface area contributed by atoms with E-state index in [-0.39, 0.29) is 0 Å². The second-order valence-electron chi connectivity index (χ2n) is 9.29. The van der Waals surface area contributed by atoms with Crippen molar-refractivity contribution in [1.82, 2.24) is 19.7 Å². The fourth-order valence-electron chi connectivity index (χ4n) is 4.87. The molecule has 0 spiro atoms. The number of rotatable bonds is 11. The fraction of sp³-hybridized carbons (Fsp3) is 0.500. The van der Waals surface area contributed by atoms with Gasteiger partial charge < -0.3 is 0 Å². The average Bonchev–Trinajstić information content (AvgIpc) is 3.25. The molecular formula is C28H35N4O. The molecule has 5 nitrogen and oxygen atoms in total. The summed E-state index contributed by atoms with van der Waals surface area (Å²) in [5, 5.41) is 4.90. The van der Waals surface area contributed by atoms with Crippen molar-refractivity contribution < 1.29 is 4.79 Å². The third-order valence-corrected chi connectivity index (χ3v) is 6.80. The van der Waals surface area contributed by atoms with Crippen LogP contribution in [0.25, 0.3) is 11.1 Å². The molecule has 3 aromatic rings. The van der Waals surface area contributed by atoms with Gasteiger partial charge >= 0.3 is 0 Å². The molecule has 1 fully saturated rings. The van der Waals surface area contributed by atoms with Crippen LogP contribution in [0.15, 0.2) is 42.6 Å². The van der Waals surface area contributed by atoms with E-state index >= 15 is 0 Å². The van der Waals surface area contributed by atoms with Gasteiger partial charge in [0.15, 0.2) is 5.82 Å². The Labute approximate surface area is 197 Å². The summed E-state index contributed by atoms with van der Waals surface area (Å²) in [5.74, 6) is 2.91. The van der Waals surface area contributed by atoms with Gasteiger partial charge in [-0.15, -0.1) is 0 Å². The molecule has 4 rings (SSSR count). The molecule has 0 N–H and O–H groups in total. The molecular weight excluding hydrogens is 408 g/mol. The van der Waals surface area contributed by atoms with Gasteiger partial charge in [-0.2, -0.15) is 5.10 Å². The molecule has 1 saturated carbocycles. The molecule has 1 aliphatic rings. The van der Waals surface area contributed by atoms with Gasteiger partial charge in [-0.1, -0.05) is 82.2 Å². The van der Waals surface area contributed by atoms with Crippen molar-refractivity contribution in [1.29, 1.82) is 0 Å². The Morgan fingerprint density at radius 2 is 1.88 bits per heavy atom. The number of hydrogen-bond acceptors (Lipinski definition) is 4. The maximum Gasteiger partial charge on any atom is 0.254 e. The van der Waals surface area contributed by atoms with E-state index in [1.165, 1.54) is 56.9 Å². The first-order valence-electron chi connectivity index (χ1n) is 12.6. The van der Waals surface area contributed by atoms with Gasteiger partial charge in [0.25, 0.3) is 6.29 Å². The lowest BCUT2D eigenvalue weighted by Gasteiger charge is -2.20. The van der Waals surface area contributed by atoms with Crippen LogP contribution in [0.1, 0.15) is 87.6 Å². The number of benzene rings is 1. The fourth-order valence-corrected chi connectivity index (χ4v) is 4.87. The standard InChI is InChI=1S/C28H35N4O/c1-2-3-7-19-32-28(30-27(31-32)17-14-22-9-5-4-6-10-22)20-23-12-15-24(16-13-23)25-11-8-18-29-26(25)21-33/h8,11-13,15-16,18,22H,2-7,9-10,14,17,19-20H2,1H3. The van der Waals surface area contributed by atoms with Crippen molar-refractivity contribution in [2.45, 2.75) is 84.1 Å². The Bertz CT molecular complexity index is 1020. The number of nitrogens with zero attached hydrogens (tertiary/aromatic N) is 4. The Balaban J connectivity index is 1.46. The summed E-state index contributed by atoms with van der Waals surface area (Å²) in [5.41, 5.74) is 3.33. The lowest BCUT2D eigenvalue weighted by molar-refractivity contribution is 0.337. The number of hydrogen-bond donors (Lipinski definition) is 0. The second kappa shape index (κ2) is 11.9. The number of carbonyl (C=O) groups excluding carboxylic acids is 1. The molecule has 33 heavy (non-hydrogen) atoms. The van der Waals surface area contributed by atoms with Crippen molar-refractivity contribution in [3.8, 4) is 11.1 Å². The molecule has 2 aromatic heterocycles. The summed E-state index contributed by atoms with van der Waals surface area (Å²) in [6.45, 7) is 3.17. The number of aryl methyl sites for hydroxylation is 2. The number of aromatic nitrogens is 4. The van der Waals surface area contributed by atoms with E-state index in [0.717, 1.165) is 54.5 Å². The van der Waals surface area contributed by atoms with Crippen molar-refractivity contribution >= 4 is 6.29 Å². The van der Waals surface area contributed by atoms with Crippen LogP contribution in [-0.4, -0.2) is 26.0 Å². The first-order chi connectivity index (χ1) is 16.3. The van der Waals surface area contributed by atoms with Crippen LogP contribution in [0.5, 0.6) is 0 Å². The van der Waals surface area contributed by atoms with Crippen molar-refractivity contribution in [2.24, 2.45) is 5.92 Å². The van der Waals surface area contributed by atoms with Crippen molar-refractivity contribution in [3.63, 3.8) is 0 Å². The molecule has 1 aromatic carbocycles. The Morgan fingerprint density at radius 1 is 1.06 bits per heavy atom. The largest absolute Gasteiger partial charge is 0.283 e. The monoisotopic (exact) mass is 443 g/mol. The molecule has 1 aliphatic carbocycles.